The van der Waals surface area contributed by atoms with E-state index in [1.165, 1.54) is 18.5 Å². The highest BCUT2D eigenvalue weighted by Gasteiger charge is 2.45. The van der Waals surface area contributed by atoms with Gasteiger partial charge in [-0.15, -0.1) is 0 Å². The van der Waals surface area contributed by atoms with E-state index in [1.807, 2.05) is 12.1 Å². The van der Waals surface area contributed by atoms with Gasteiger partial charge in [-0.05, 0) is 42.0 Å². The number of halogens is 2. The van der Waals surface area contributed by atoms with Crippen molar-refractivity contribution in [3.8, 4) is 33.9 Å². The predicted octanol–water partition coefficient (Wildman–Crippen LogP) is 4.57. The highest BCUT2D eigenvalue weighted by Crippen LogP contribution is 2.53. The second kappa shape index (κ2) is 7.58. The van der Waals surface area contributed by atoms with Gasteiger partial charge in [-0.25, -0.2) is 15.0 Å². The molecule has 4 aromatic rings. The van der Waals surface area contributed by atoms with Crippen molar-refractivity contribution in [1.29, 1.82) is 0 Å². The Kier molecular flexibility index (Phi) is 4.51. The minimum Gasteiger partial charge on any atom is -0.465 e. The fraction of sp³-hybridized carbons (Fsp3) is 0.120. The number of benzene rings is 1. The van der Waals surface area contributed by atoms with Gasteiger partial charge in [0, 0.05) is 47.1 Å². The van der Waals surface area contributed by atoms with Gasteiger partial charge in [-0.1, -0.05) is 6.07 Å². The van der Waals surface area contributed by atoms with E-state index < -0.39 is 17.4 Å². The quantitative estimate of drug-likeness (QED) is 0.443. The molecule has 168 valence electrons. The summed E-state index contributed by atoms with van der Waals surface area (Å²) in [5.41, 5.74) is 8.58. The standard InChI is InChI=1S/C25H17F2N5O2/c26-22-11-15(5-8-29-22)19-12-18-21(13-31-19)34-20-4-3-14(16-2-1-7-30-23(16)27)10-17(20)25(18)6-9-33-24(28)32-25/h1-5,7-8,10-13H,6,9H2,(H2,28,32)/t25-/m0/s1. The summed E-state index contributed by atoms with van der Waals surface area (Å²) in [4.78, 5) is 16.6. The van der Waals surface area contributed by atoms with Gasteiger partial charge in [0.1, 0.15) is 11.3 Å². The summed E-state index contributed by atoms with van der Waals surface area (Å²) in [6.45, 7) is 0.321. The summed E-state index contributed by atoms with van der Waals surface area (Å²) in [5, 5.41) is 0. The Balaban J connectivity index is 1.58. The lowest BCUT2D eigenvalue weighted by molar-refractivity contribution is 0.219. The number of nitrogens with zero attached hydrogens (tertiary/aromatic N) is 4. The fourth-order valence-electron chi connectivity index (χ4n) is 4.51. The van der Waals surface area contributed by atoms with E-state index in [0.29, 0.717) is 58.0 Å². The Bertz CT molecular complexity index is 1480. The molecule has 0 saturated heterocycles. The van der Waals surface area contributed by atoms with Crippen molar-refractivity contribution in [3.05, 3.63) is 90.1 Å². The van der Waals surface area contributed by atoms with Crippen LogP contribution in [0.15, 0.2) is 72.1 Å². The van der Waals surface area contributed by atoms with Crippen molar-refractivity contribution in [1.82, 2.24) is 15.0 Å². The maximum absolute atomic E-state index is 14.5. The molecule has 34 heavy (non-hydrogen) atoms. The van der Waals surface area contributed by atoms with Crippen LogP contribution in [0.1, 0.15) is 17.5 Å². The predicted molar refractivity (Wildman–Crippen MR) is 120 cm³/mol. The van der Waals surface area contributed by atoms with Gasteiger partial charge in [0.05, 0.1) is 18.5 Å². The van der Waals surface area contributed by atoms with Crippen molar-refractivity contribution in [3.63, 3.8) is 0 Å². The summed E-state index contributed by atoms with van der Waals surface area (Å²) >= 11 is 0. The van der Waals surface area contributed by atoms with Crippen LogP contribution in [0.25, 0.3) is 22.4 Å². The van der Waals surface area contributed by atoms with E-state index in [-0.39, 0.29) is 6.02 Å². The van der Waals surface area contributed by atoms with Crippen LogP contribution < -0.4 is 10.5 Å². The Morgan fingerprint density at radius 3 is 2.59 bits per heavy atom. The minimum absolute atomic E-state index is 0.0383. The molecule has 0 radical (unpaired) electrons. The van der Waals surface area contributed by atoms with Gasteiger partial charge < -0.3 is 15.2 Å². The Morgan fingerprint density at radius 2 is 1.76 bits per heavy atom. The first-order valence-electron chi connectivity index (χ1n) is 10.6. The van der Waals surface area contributed by atoms with Gasteiger partial charge in [0.25, 0.3) is 6.02 Å². The highest BCUT2D eigenvalue weighted by molar-refractivity contribution is 5.77. The smallest absolute Gasteiger partial charge is 0.283 e. The Morgan fingerprint density at radius 1 is 0.882 bits per heavy atom. The molecule has 0 fully saturated rings. The van der Waals surface area contributed by atoms with Crippen LogP contribution in [0.5, 0.6) is 11.5 Å². The third-order valence-corrected chi connectivity index (χ3v) is 6.07. The molecule has 0 saturated carbocycles. The molecule has 1 spiro atoms. The number of nitrogens with two attached hydrogens (primary N) is 1. The average Bonchev–Trinajstić information content (AvgIpc) is 2.84. The number of aliphatic imine (C=N–C) groups is 1. The number of amidine groups is 1. The number of aromatic nitrogens is 3. The number of fused-ring (bicyclic) bond motifs is 4. The first kappa shape index (κ1) is 20.2. The van der Waals surface area contributed by atoms with E-state index in [4.69, 9.17) is 20.2 Å². The molecule has 2 N–H and O–H groups in total. The van der Waals surface area contributed by atoms with E-state index in [0.717, 1.165) is 0 Å². The van der Waals surface area contributed by atoms with E-state index in [1.54, 1.807) is 36.5 Å². The molecule has 7 nitrogen and oxygen atoms in total. The molecule has 0 amide bonds. The lowest BCUT2D eigenvalue weighted by Gasteiger charge is -2.39. The SMILES string of the molecule is NC1=N[C@@]2(CCO1)c1cc(-c3cccnc3F)ccc1Oc1cnc(-c3ccnc(F)c3)cc12. The first-order chi connectivity index (χ1) is 16.5. The molecule has 0 aliphatic carbocycles. The van der Waals surface area contributed by atoms with E-state index in [2.05, 4.69) is 15.0 Å². The van der Waals surface area contributed by atoms with E-state index in [9.17, 15) is 8.78 Å². The molecule has 9 heteroatoms. The zero-order valence-electron chi connectivity index (χ0n) is 17.7. The fourth-order valence-corrected chi connectivity index (χ4v) is 4.51. The van der Waals surface area contributed by atoms with Crippen molar-refractivity contribution in [2.45, 2.75) is 12.0 Å². The van der Waals surface area contributed by atoms with Crippen LogP contribution >= 0.6 is 0 Å². The lowest BCUT2D eigenvalue weighted by atomic mass is 9.77. The Labute approximate surface area is 193 Å². The third-order valence-electron chi connectivity index (χ3n) is 6.07. The second-order valence-corrected chi connectivity index (χ2v) is 8.00. The molecule has 2 aliphatic heterocycles. The molecule has 1 atom stereocenters. The van der Waals surface area contributed by atoms with Gasteiger partial charge in [-0.3, -0.25) is 4.98 Å². The van der Waals surface area contributed by atoms with Gasteiger partial charge >= 0.3 is 0 Å². The monoisotopic (exact) mass is 457 g/mol. The summed E-state index contributed by atoms with van der Waals surface area (Å²) in [6.07, 6.45) is 4.83. The number of hydrogen-bond donors (Lipinski definition) is 1. The maximum atomic E-state index is 14.5. The molecule has 3 aromatic heterocycles. The molecule has 5 heterocycles. The van der Waals surface area contributed by atoms with Crippen molar-refractivity contribution in [2.24, 2.45) is 10.7 Å². The number of pyridine rings is 3. The number of hydrogen-bond acceptors (Lipinski definition) is 7. The lowest BCUT2D eigenvalue weighted by Crippen LogP contribution is -2.38. The van der Waals surface area contributed by atoms with Crippen LogP contribution in [-0.2, 0) is 10.3 Å². The molecule has 1 aromatic carbocycles. The second-order valence-electron chi connectivity index (χ2n) is 8.00. The molecular weight excluding hydrogens is 440 g/mol. The van der Waals surface area contributed by atoms with E-state index >= 15 is 0 Å². The average molecular weight is 457 g/mol. The zero-order valence-corrected chi connectivity index (χ0v) is 17.7. The molecule has 0 unspecified atom stereocenters. The first-order valence-corrected chi connectivity index (χ1v) is 10.6. The van der Waals surface area contributed by atoms with Gasteiger partial charge in [0.15, 0.2) is 5.75 Å². The maximum Gasteiger partial charge on any atom is 0.283 e. The van der Waals surface area contributed by atoms with Crippen LogP contribution in [-0.4, -0.2) is 27.6 Å². The highest BCUT2D eigenvalue weighted by atomic mass is 19.1. The minimum atomic E-state index is -0.955. The van der Waals surface area contributed by atoms with Crippen LogP contribution in [0.3, 0.4) is 0 Å². The van der Waals surface area contributed by atoms with Gasteiger partial charge in [-0.2, -0.15) is 8.78 Å². The molecular formula is C25H17F2N5O2. The van der Waals surface area contributed by atoms with Crippen LogP contribution in [0, 0.1) is 11.9 Å². The van der Waals surface area contributed by atoms with Crippen molar-refractivity contribution in [2.75, 3.05) is 6.61 Å². The number of rotatable bonds is 2. The van der Waals surface area contributed by atoms with Gasteiger partial charge in [0.2, 0.25) is 11.9 Å². The summed E-state index contributed by atoms with van der Waals surface area (Å²) in [7, 11) is 0. The molecule has 6 rings (SSSR count). The van der Waals surface area contributed by atoms with Crippen molar-refractivity contribution < 1.29 is 18.3 Å². The summed E-state index contributed by atoms with van der Waals surface area (Å²) in [6, 6.07) is 13.6. The normalized spacial score (nSPS) is 18.4. The van der Waals surface area contributed by atoms with Crippen molar-refractivity contribution >= 4 is 6.02 Å². The zero-order chi connectivity index (χ0) is 23.3. The largest absolute Gasteiger partial charge is 0.465 e. The number of ether oxygens (including phenoxy) is 2. The van der Waals surface area contributed by atoms with Crippen LogP contribution in [0.2, 0.25) is 0 Å². The van der Waals surface area contributed by atoms with Crippen LogP contribution in [0.4, 0.5) is 8.78 Å². The topological polar surface area (TPSA) is 95.5 Å². The molecule has 2 aliphatic rings. The third kappa shape index (κ3) is 3.16. The summed E-state index contributed by atoms with van der Waals surface area (Å²) < 4.78 is 39.8. The molecule has 0 bridgehead atoms. The summed E-state index contributed by atoms with van der Waals surface area (Å²) in [5.74, 6) is -0.118. The Hall–Kier alpha value is -4.40.